The van der Waals surface area contributed by atoms with Gasteiger partial charge in [-0.15, -0.1) is 0 Å². The number of nitrogens with one attached hydrogen (secondary N) is 1. The zero-order valence-corrected chi connectivity index (χ0v) is 6.00. The highest BCUT2D eigenvalue weighted by Crippen LogP contribution is 1.97. The molecule has 0 saturated carbocycles. The van der Waals surface area contributed by atoms with Crippen LogP contribution in [-0.4, -0.2) is 22.3 Å². The number of carbonyl (C=O) groups excluding carboxylic acids is 1. The zero-order chi connectivity index (χ0) is 8.97. The fourth-order valence-electron chi connectivity index (χ4n) is 0.672. The number of aromatic nitrogens is 1. The molecule has 0 bridgehead atoms. The Morgan fingerprint density at radius 3 is 2.92 bits per heavy atom. The van der Waals surface area contributed by atoms with Crippen LogP contribution in [0.4, 0.5) is 0 Å². The number of hydrogen-bond acceptors (Lipinski definition) is 2. The Kier molecular flexibility index (Phi) is 2.29. The molecule has 0 amide bonds. The Morgan fingerprint density at radius 1 is 1.67 bits per heavy atom. The summed E-state index contributed by atoms with van der Waals surface area (Å²) in [6.45, 7) is 0. The molecule has 0 aliphatic rings. The monoisotopic (exact) mass is 163 g/mol. The van der Waals surface area contributed by atoms with Crippen molar-refractivity contribution in [3.63, 3.8) is 0 Å². The molecule has 1 heterocycles. The van der Waals surface area contributed by atoms with Crippen LogP contribution in [0.2, 0.25) is 0 Å². The van der Waals surface area contributed by atoms with E-state index in [2.05, 4.69) is 10.9 Å². The Morgan fingerprint density at radius 2 is 2.42 bits per heavy atom. The maximum Gasteiger partial charge on any atom is 0.382 e. The molecule has 0 aromatic carbocycles. The second kappa shape index (κ2) is 3.39. The van der Waals surface area contributed by atoms with Gasteiger partial charge >= 0.3 is 5.97 Å². The van der Waals surface area contributed by atoms with Crippen molar-refractivity contribution in [1.29, 1.82) is 0 Å². The molecule has 4 nitrogen and oxygen atoms in total. The fraction of sp³-hybridized carbons (Fsp3) is 0. The molecule has 4 heteroatoms. The first kappa shape index (κ1) is 8.08. The van der Waals surface area contributed by atoms with Gasteiger partial charge in [-0.2, -0.15) is 0 Å². The number of H-pyrrole nitrogens is 1. The first-order valence-corrected chi connectivity index (χ1v) is 3.11. The molecule has 0 aliphatic heterocycles. The quantitative estimate of drug-likeness (QED) is 0.461. The van der Waals surface area contributed by atoms with Gasteiger partial charge in [-0.05, 0) is 12.0 Å². The summed E-state index contributed by atoms with van der Waals surface area (Å²) >= 11 is 0. The normalized spacial score (nSPS) is 8.33. The first-order chi connectivity index (χ1) is 5.72. The van der Waals surface area contributed by atoms with E-state index >= 15 is 0 Å². The van der Waals surface area contributed by atoms with Crippen molar-refractivity contribution in [2.24, 2.45) is 0 Å². The lowest BCUT2D eigenvalue weighted by Gasteiger charge is -1.75. The highest BCUT2D eigenvalue weighted by molar-refractivity contribution is 5.87. The van der Waals surface area contributed by atoms with Crippen molar-refractivity contribution in [1.82, 2.24) is 4.98 Å². The van der Waals surface area contributed by atoms with Gasteiger partial charge in [0, 0.05) is 17.7 Å². The maximum absolute atomic E-state index is 10.2. The Labute approximate surface area is 68.2 Å². The van der Waals surface area contributed by atoms with E-state index in [1.165, 1.54) is 12.3 Å². The lowest BCUT2D eigenvalue weighted by atomic mass is 10.3. The molecule has 0 atom stereocenters. The van der Waals surface area contributed by atoms with Gasteiger partial charge in [-0.1, -0.05) is 0 Å². The van der Waals surface area contributed by atoms with Crippen LogP contribution in [0.15, 0.2) is 12.3 Å². The molecule has 1 rings (SSSR count). The van der Waals surface area contributed by atoms with Crippen LogP contribution in [-0.2, 0) is 4.79 Å². The van der Waals surface area contributed by atoms with E-state index in [-0.39, 0.29) is 0 Å². The highest BCUT2D eigenvalue weighted by Gasteiger charge is 1.93. The van der Waals surface area contributed by atoms with Gasteiger partial charge < -0.3 is 10.1 Å². The molecular formula is C8H5NO3. The zero-order valence-electron chi connectivity index (χ0n) is 6.00. The van der Waals surface area contributed by atoms with Gasteiger partial charge in [0.25, 0.3) is 0 Å². The van der Waals surface area contributed by atoms with Gasteiger partial charge in [-0.25, -0.2) is 4.79 Å². The average molecular weight is 163 g/mol. The number of carbonyl (C=O) groups is 2. The number of aliphatic carboxylic acids is 1. The molecule has 2 N–H and O–H groups in total. The number of hydrogen-bond donors (Lipinski definition) is 2. The van der Waals surface area contributed by atoms with Crippen LogP contribution in [0.1, 0.15) is 16.1 Å². The Bertz CT molecular complexity index is 367. The van der Waals surface area contributed by atoms with E-state index in [0.717, 1.165) is 0 Å². The summed E-state index contributed by atoms with van der Waals surface area (Å²) < 4.78 is 0. The van der Waals surface area contributed by atoms with Crippen molar-refractivity contribution in [2.75, 3.05) is 0 Å². The van der Waals surface area contributed by atoms with E-state index in [0.29, 0.717) is 17.5 Å². The number of aldehydes is 1. The largest absolute Gasteiger partial charge is 0.472 e. The molecule has 1 aromatic rings. The summed E-state index contributed by atoms with van der Waals surface area (Å²) in [5, 5.41) is 8.18. The minimum Gasteiger partial charge on any atom is -0.472 e. The SMILES string of the molecule is O=Cc1c[nH]c(C#CC(=O)O)c1. The maximum atomic E-state index is 10.2. The van der Waals surface area contributed by atoms with Crippen molar-refractivity contribution < 1.29 is 14.7 Å². The molecule has 0 spiro atoms. The number of carboxylic acids is 1. The van der Waals surface area contributed by atoms with Gasteiger partial charge in [0.05, 0.1) is 5.69 Å². The predicted molar refractivity (Wildman–Crippen MR) is 40.7 cm³/mol. The first-order valence-electron chi connectivity index (χ1n) is 3.11. The summed E-state index contributed by atoms with van der Waals surface area (Å²) in [5.74, 6) is 3.06. The fourth-order valence-corrected chi connectivity index (χ4v) is 0.672. The second-order valence-electron chi connectivity index (χ2n) is 2.02. The third-order valence-corrected chi connectivity index (χ3v) is 1.15. The van der Waals surface area contributed by atoms with Gasteiger partial charge in [0.2, 0.25) is 0 Å². The van der Waals surface area contributed by atoms with E-state index in [9.17, 15) is 9.59 Å². The summed E-state index contributed by atoms with van der Waals surface area (Å²) in [4.78, 5) is 22.8. The van der Waals surface area contributed by atoms with Gasteiger partial charge in [0.1, 0.15) is 0 Å². The lowest BCUT2D eigenvalue weighted by Crippen LogP contribution is -1.86. The van der Waals surface area contributed by atoms with Crippen molar-refractivity contribution in [3.8, 4) is 11.8 Å². The van der Waals surface area contributed by atoms with E-state index < -0.39 is 5.97 Å². The summed E-state index contributed by atoms with van der Waals surface area (Å²) in [7, 11) is 0. The van der Waals surface area contributed by atoms with E-state index in [1.807, 2.05) is 5.92 Å². The highest BCUT2D eigenvalue weighted by atomic mass is 16.4. The molecule has 12 heavy (non-hydrogen) atoms. The van der Waals surface area contributed by atoms with E-state index in [4.69, 9.17) is 5.11 Å². The average Bonchev–Trinajstić information content (AvgIpc) is 2.48. The van der Waals surface area contributed by atoms with Crippen LogP contribution < -0.4 is 0 Å². The third-order valence-electron chi connectivity index (χ3n) is 1.15. The molecular weight excluding hydrogens is 158 g/mol. The lowest BCUT2D eigenvalue weighted by molar-refractivity contribution is -0.130. The van der Waals surface area contributed by atoms with Crippen LogP contribution in [0.5, 0.6) is 0 Å². The van der Waals surface area contributed by atoms with Crippen LogP contribution in [0, 0.1) is 11.8 Å². The van der Waals surface area contributed by atoms with Crippen LogP contribution in [0.3, 0.4) is 0 Å². The minimum atomic E-state index is -1.20. The van der Waals surface area contributed by atoms with Gasteiger partial charge in [0.15, 0.2) is 6.29 Å². The van der Waals surface area contributed by atoms with Gasteiger partial charge in [-0.3, -0.25) is 4.79 Å². The number of carboxylic acid groups (broad SMARTS) is 1. The molecule has 1 aromatic heterocycles. The molecule has 0 fully saturated rings. The molecule has 0 unspecified atom stereocenters. The van der Waals surface area contributed by atoms with Crippen molar-refractivity contribution >= 4 is 12.3 Å². The Hall–Kier alpha value is -2.02. The molecule has 60 valence electrons. The summed E-state index contributed by atoms with van der Waals surface area (Å²) in [5.41, 5.74) is 0.865. The predicted octanol–water partition coefficient (Wildman–Crippen LogP) is 0.263. The number of rotatable bonds is 1. The van der Waals surface area contributed by atoms with Crippen molar-refractivity contribution in [2.45, 2.75) is 0 Å². The van der Waals surface area contributed by atoms with Crippen LogP contribution >= 0.6 is 0 Å². The van der Waals surface area contributed by atoms with Crippen molar-refractivity contribution in [3.05, 3.63) is 23.5 Å². The molecule has 0 aliphatic carbocycles. The summed E-state index contributed by atoms with van der Waals surface area (Å²) in [6, 6.07) is 1.48. The standard InChI is InChI=1S/C8H5NO3/c10-5-6-3-7(9-4-6)1-2-8(11)12/h3-5,9H,(H,11,12). The smallest absolute Gasteiger partial charge is 0.382 e. The third kappa shape index (κ3) is 1.99. The van der Waals surface area contributed by atoms with Crippen LogP contribution in [0.25, 0.3) is 0 Å². The molecule has 0 saturated heterocycles. The minimum absolute atomic E-state index is 0.416. The second-order valence-corrected chi connectivity index (χ2v) is 2.02. The number of aromatic amines is 1. The summed E-state index contributed by atoms with van der Waals surface area (Å²) in [6.07, 6.45) is 2.11. The van der Waals surface area contributed by atoms with E-state index in [1.54, 1.807) is 0 Å². The topological polar surface area (TPSA) is 70.2 Å². The Balaban J connectivity index is 2.85. The molecule has 0 radical (unpaired) electrons.